The number of rotatable bonds is 6. The van der Waals surface area contributed by atoms with Crippen molar-refractivity contribution in [1.29, 1.82) is 0 Å². The molecule has 0 aliphatic rings. The van der Waals surface area contributed by atoms with E-state index in [9.17, 15) is 14.9 Å². The van der Waals surface area contributed by atoms with Crippen molar-refractivity contribution >= 4 is 34.7 Å². The summed E-state index contributed by atoms with van der Waals surface area (Å²) in [6.45, 7) is 1.90. The minimum atomic E-state index is -0.497. The number of thioether (sulfide) groups is 1. The van der Waals surface area contributed by atoms with Crippen molar-refractivity contribution in [2.45, 2.75) is 11.9 Å². The molecule has 4 rings (SSSR count). The zero-order chi connectivity index (χ0) is 21.1. The fourth-order valence-corrected chi connectivity index (χ4v) is 3.87. The molecule has 0 saturated carbocycles. The number of fused-ring (bicyclic) bond motifs is 1. The van der Waals surface area contributed by atoms with Gasteiger partial charge in [-0.25, -0.2) is 9.50 Å². The molecule has 30 heavy (non-hydrogen) atoms. The number of hydrogen-bond donors (Lipinski definition) is 1. The lowest BCUT2D eigenvalue weighted by atomic mass is 10.1. The average Bonchev–Trinajstić information content (AvgIpc) is 3.16. The van der Waals surface area contributed by atoms with Crippen molar-refractivity contribution in [2.75, 3.05) is 11.1 Å². The predicted octanol–water partition coefficient (Wildman–Crippen LogP) is 4.34. The van der Waals surface area contributed by atoms with Crippen LogP contribution in [0.3, 0.4) is 0 Å². The highest BCUT2D eigenvalue weighted by Crippen LogP contribution is 2.27. The zero-order valence-corrected chi connectivity index (χ0v) is 16.8. The summed E-state index contributed by atoms with van der Waals surface area (Å²) >= 11 is 1.33. The maximum absolute atomic E-state index is 12.4. The first-order chi connectivity index (χ1) is 14.5. The number of benzene rings is 2. The normalized spacial score (nSPS) is 10.8. The summed E-state index contributed by atoms with van der Waals surface area (Å²) in [5, 5.41) is 18.8. The van der Waals surface area contributed by atoms with Crippen LogP contribution < -0.4 is 5.32 Å². The predicted molar refractivity (Wildman–Crippen MR) is 116 cm³/mol. The van der Waals surface area contributed by atoms with Gasteiger partial charge in [-0.2, -0.15) is 5.10 Å². The van der Waals surface area contributed by atoms with Crippen LogP contribution in [0, 0.1) is 17.0 Å². The molecule has 0 atom stereocenters. The number of non-ortho nitro benzene ring substituents is 1. The minimum Gasteiger partial charge on any atom is -0.325 e. The fourth-order valence-electron chi connectivity index (χ4n) is 3.01. The number of amides is 1. The summed E-state index contributed by atoms with van der Waals surface area (Å²) in [6.07, 6.45) is 1.77. The second kappa shape index (κ2) is 8.34. The summed E-state index contributed by atoms with van der Waals surface area (Å²) in [4.78, 5) is 27.4. The molecule has 0 bridgehead atoms. The molecule has 2 aromatic heterocycles. The minimum absolute atomic E-state index is 0.0723. The molecule has 0 saturated heterocycles. The van der Waals surface area contributed by atoms with Gasteiger partial charge in [0.05, 0.1) is 16.9 Å². The Morgan fingerprint density at radius 3 is 2.73 bits per heavy atom. The van der Waals surface area contributed by atoms with Crippen LogP contribution in [0.25, 0.3) is 16.8 Å². The van der Waals surface area contributed by atoms with Crippen LogP contribution >= 0.6 is 11.8 Å². The van der Waals surface area contributed by atoms with Crippen LogP contribution in [0.5, 0.6) is 0 Å². The molecule has 4 aromatic rings. The van der Waals surface area contributed by atoms with Crippen molar-refractivity contribution in [3.8, 4) is 11.1 Å². The van der Waals surface area contributed by atoms with Gasteiger partial charge in [-0.3, -0.25) is 14.9 Å². The average molecular weight is 419 g/mol. The molecule has 1 N–H and O–H groups in total. The van der Waals surface area contributed by atoms with E-state index < -0.39 is 4.92 Å². The van der Waals surface area contributed by atoms with Crippen LogP contribution in [0.4, 0.5) is 11.4 Å². The Morgan fingerprint density at radius 2 is 1.97 bits per heavy atom. The van der Waals surface area contributed by atoms with Crippen molar-refractivity contribution in [1.82, 2.24) is 14.6 Å². The quantitative estimate of drug-likeness (QED) is 0.216. The smallest absolute Gasteiger partial charge is 0.271 e. The number of anilines is 1. The lowest BCUT2D eigenvalue weighted by molar-refractivity contribution is -0.384. The van der Waals surface area contributed by atoms with Gasteiger partial charge in [-0.1, -0.05) is 48.2 Å². The van der Waals surface area contributed by atoms with E-state index in [0.29, 0.717) is 5.69 Å². The van der Waals surface area contributed by atoms with Crippen LogP contribution in [-0.2, 0) is 4.79 Å². The van der Waals surface area contributed by atoms with Gasteiger partial charge >= 0.3 is 0 Å². The number of nitro benzene ring substituents is 1. The Kier molecular flexibility index (Phi) is 5.44. The maximum Gasteiger partial charge on any atom is 0.271 e. The number of carbonyl (C=O) groups is 1. The maximum atomic E-state index is 12.4. The van der Waals surface area contributed by atoms with E-state index in [1.165, 1.54) is 30.0 Å². The Labute approximate surface area is 176 Å². The number of carbonyl (C=O) groups excluding carboxylic acids is 1. The van der Waals surface area contributed by atoms with E-state index in [4.69, 9.17) is 0 Å². The number of nitro groups is 1. The van der Waals surface area contributed by atoms with E-state index in [1.54, 1.807) is 16.8 Å². The van der Waals surface area contributed by atoms with Gasteiger partial charge in [0, 0.05) is 29.1 Å². The van der Waals surface area contributed by atoms with Gasteiger partial charge in [0.25, 0.3) is 5.69 Å². The van der Waals surface area contributed by atoms with Crippen molar-refractivity contribution in [2.24, 2.45) is 0 Å². The van der Waals surface area contributed by atoms with E-state index in [0.717, 1.165) is 27.5 Å². The summed E-state index contributed by atoms with van der Waals surface area (Å²) in [7, 11) is 0. The highest BCUT2D eigenvalue weighted by molar-refractivity contribution is 7.99. The van der Waals surface area contributed by atoms with Crippen LogP contribution in [0.1, 0.15) is 5.69 Å². The van der Waals surface area contributed by atoms with Crippen molar-refractivity contribution in [3.63, 3.8) is 0 Å². The zero-order valence-electron chi connectivity index (χ0n) is 16.0. The van der Waals surface area contributed by atoms with Gasteiger partial charge < -0.3 is 5.32 Å². The highest BCUT2D eigenvalue weighted by atomic mass is 32.2. The Bertz CT molecular complexity index is 1240. The van der Waals surface area contributed by atoms with Gasteiger partial charge in [-0.15, -0.1) is 0 Å². The monoisotopic (exact) mass is 419 g/mol. The molecule has 0 aliphatic carbocycles. The lowest BCUT2D eigenvalue weighted by Crippen LogP contribution is -2.14. The third kappa shape index (κ3) is 4.15. The van der Waals surface area contributed by atoms with Gasteiger partial charge in [0.15, 0.2) is 5.65 Å². The molecule has 2 heterocycles. The first-order valence-corrected chi connectivity index (χ1v) is 10.1. The Morgan fingerprint density at radius 1 is 1.17 bits per heavy atom. The SMILES string of the molecule is Cc1cc(SCC(=O)Nc2cccc([N+](=O)[O-])c2)n2ncc(-c3ccccc3)c2n1. The fraction of sp³-hybridized carbons (Fsp3) is 0.0952. The standard InChI is InChI=1S/C21H17N5O3S/c1-14-10-20(25-21(23-14)18(12-22-25)15-6-3-2-4-7-15)30-13-19(27)24-16-8-5-9-17(11-16)26(28)29/h2-12H,13H2,1H3,(H,24,27). The van der Waals surface area contributed by atoms with E-state index in [1.807, 2.05) is 43.3 Å². The molecule has 0 radical (unpaired) electrons. The first kappa shape index (κ1) is 19.6. The molecule has 0 aliphatic heterocycles. The van der Waals surface area contributed by atoms with Crippen LogP contribution in [0.2, 0.25) is 0 Å². The number of aryl methyl sites for hydroxylation is 1. The number of aromatic nitrogens is 3. The van der Waals surface area contributed by atoms with Crippen LogP contribution in [0.15, 0.2) is 71.9 Å². The molecule has 150 valence electrons. The molecule has 2 aromatic carbocycles. The summed E-state index contributed by atoms with van der Waals surface area (Å²) in [6, 6.07) is 17.6. The largest absolute Gasteiger partial charge is 0.325 e. The number of hydrogen-bond acceptors (Lipinski definition) is 6. The molecule has 9 heteroatoms. The van der Waals surface area contributed by atoms with E-state index in [-0.39, 0.29) is 17.3 Å². The Hall–Kier alpha value is -3.72. The summed E-state index contributed by atoms with van der Waals surface area (Å²) in [5.41, 5.74) is 3.80. The topological polar surface area (TPSA) is 102 Å². The molecule has 0 unspecified atom stereocenters. The van der Waals surface area contributed by atoms with Crippen molar-refractivity contribution in [3.05, 3.63) is 82.7 Å². The molecule has 8 nitrogen and oxygen atoms in total. The van der Waals surface area contributed by atoms with Crippen LogP contribution in [-0.4, -0.2) is 31.2 Å². The van der Waals surface area contributed by atoms with E-state index >= 15 is 0 Å². The van der Waals surface area contributed by atoms with Gasteiger partial charge in [0.2, 0.25) is 5.91 Å². The number of nitrogens with one attached hydrogen (secondary N) is 1. The highest BCUT2D eigenvalue weighted by Gasteiger charge is 2.14. The molecular formula is C21H17N5O3S. The van der Waals surface area contributed by atoms with Crippen molar-refractivity contribution < 1.29 is 9.72 Å². The lowest BCUT2D eigenvalue weighted by Gasteiger charge is -2.08. The first-order valence-electron chi connectivity index (χ1n) is 9.09. The molecule has 0 fully saturated rings. The third-order valence-corrected chi connectivity index (χ3v) is 5.34. The second-order valence-electron chi connectivity index (χ2n) is 6.54. The molecule has 0 spiro atoms. The second-order valence-corrected chi connectivity index (χ2v) is 7.54. The third-order valence-electron chi connectivity index (χ3n) is 4.34. The Balaban J connectivity index is 1.53. The summed E-state index contributed by atoms with van der Waals surface area (Å²) < 4.78 is 1.72. The molecule has 1 amide bonds. The van der Waals surface area contributed by atoms with Gasteiger partial charge in [0.1, 0.15) is 5.03 Å². The summed E-state index contributed by atoms with van der Waals surface area (Å²) in [5.74, 6) is -0.138. The number of nitrogens with zero attached hydrogens (tertiary/aromatic N) is 4. The molecular weight excluding hydrogens is 402 g/mol. The van der Waals surface area contributed by atoms with Gasteiger partial charge in [-0.05, 0) is 24.6 Å². The van der Waals surface area contributed by atoms with E-state index in [2.05, 4.69) is 15.4 Å².